The topological polar surface area (TPSA) is 74.0 Å². The lowest BCUT2D eigenvalue weighted by Gasteiger charge is -2.34. The number of hydrogen-bond acceptors (Lipinski definition) is 6. The molecule has 31 heavy (non-hydrogen) atoms. The summed E-state index contributed by atoms with van der Waals surface area (Å²) < 4.78 is 23.0. The summed E-state index contributed by atoms with van der Waals surface area (Å²) in [5, 5.41) is 0. The Morgan fingerprint density at radius 1 is 1.29 bits per heavy atom. The molecule has 1 saturated heterocycles. The highest BCUT2D eigenvalue weighted by Gasteiger charge is 2.48. The van der Waals surface area contributed by atoms with Crippen LogP contribution in [0.3, 0.4) is 0 Å². The maximum atomic E-state index is 12.8. The fraction of sp³-hybridized carbons (Fsp3) is 0.583. The minimum atomic E-state index is -0.807. The molecule has 1 aliphatic heterocycles. The summed E-state index contributed by atoms with van der Waals surface area (Å²) >= 11 is 0. The van der Waals surface area contributed by atoms with E-state index in [0.29, 0.717) is 25.7 Å². The van der Waals surface area contributed by atoms with Crippen molar-refractivity contribution in [1.82, 2.24) is 9.88 Å². The Labute approximate surface area is 184 Å². The van der Waals surface area contributed by atoms with E-state index >= 15 is 0 Å². The Morgan fingerprint density at radius 3 is 2.68 bits per heavy atom. The molecular formula is C24H34N2O5. The fourth-order valence-electron chi connectivity index (χ4n) is 3.49. The molecule has 1 amide bonds. The molecule has 7 heteroatoms. The van der Waals surface area contributed by atoms with Crippen LogP contribution >= 0.6 is 0 Å². The van der Waals surface area contributed by atoms with Crippen molar-refractivity contribution in [3.8, 4) is 0 Å². The second-order valence-electron chi connectivity index (χ2n) is 9.46. The third kappa shape index (κ3) is 6.08. The number of nitrogens with zero attached hydrogens (tertiary/aromatic N) is 2. The number of rotatable bonds is 7. The SMILES string of the molecule is C[C@@H](CCOCc1ccccc1)c1coc([C@@H]2COC(C)(C)N2C(=O)OC(C)(C)C)n1. The highest BCUT2D eigenvalue weighted by molar-refractivity contribution is 5.69. The van der Waals surface area contributed by atoms with Crippen molar-refractivity contribution in [3.05, 3.63) is 53.7 Å². The van der Waals surface area contributed by atoms with E-state index in [2.05, 4.69) is 24.0 Å². The van der Waals surface area contributed by atoms with Crippen molar-refractivity contribution in [2.24, 2.45) is 0 Å². The van der Waals surface area contributed by atoms with Crippen LogP contribution in [0.25, 0.3) is 0 Å². The van der Waals surface area contributed by atoms with Crippen molar-refractivity contribution in [1.29, 1.82) is 0 Å². The van der Waals surface area contributed by atoms with Gasteiger partial charge in [-0.2, -0.15) is 0 Å². The molecule has 0 aliphatic carbocycles. The van der Waals surface area contributed by atoms with Crippen LogP contribution in [0.1, 0.15) is 77.1 Å². The van der Waals surface area contributed by atoms with Gasteiger partial charge in [0.2, 0.25) is 5.89 Å². The number of ether oxygens (including phenoxy) is 3. The number of carbonyl (C=O) groups is 1. The minimum Gasteiger partial charge on any atom is -0.446 e. The zero-order valence-corrected chi connectivity index (χ0v) is 19.4. The second kappa shape index (κ2) is 9.40. The van der Waals surface area contributed by atoms with Gasteiger partial charge in [-0.1, -0.05) is 37.3 Å². The molecular weight excluding hydrogens is 396 g/mol. The molecule has 1 fully saturated rings. The maximum absolute atomic E-state index is 12.8. The Balaban J connectivity index is 1.59. The molecule has 1 aliphatic rings. The number of amides is 1. The van der Waals surface area contributed by atoms with Crippen LogP contribution < -0.4 is 0 Å². The van der Waals surface area contributed by atoms with E-state index in [1.807, 2.05) is 52.8 Å². The van der Waals surface area contributed by atoms with Gasteiger partial charge in [-0.25, -0.2) is 9.78 Å². The first-order chi connectivity index (χ1) is 14.6. The van der Waals surface area contributed by atoms with Gasteiger partial charge in [-0.3, -0.25) is 4.90 Å². The average molecular weight is 431 g/mol. The lowest BCUT2D eigenvalue weighted by Crippen LogP contribution is -2.47. The van der Waals surface area contributed by atoms with Gasteiger partial charge < -0.3 is 18.6 Å². The Bertz CT molecular complexity index is 856. The molecule has 1 aromatic carbocycles. The van der Waals surface area contributed by atoms with Crippen LogP contribution in [0, 0.1) is 0 Å². The number of benzene rings is 1. The zero-order chi connectivity index (χ0) is 22.6. The van der Waals surface area contributed by atoms with E-state index in [1.54, 1.807) is 11.2 Å². The van der Waals surface area contributed by atoms with Gasteiger partial charge in [0.25, 0.3) is 0 Å². The van der Waals surface area contributed by atoms with Crippen LogP contribution in [0.5, 0.6) is 0 Å². The number of hydrogen-bond donors (Lipinski definition) is 0. The van der Waals surface area contributed by atoms with Crippen LogP contribution in [0.2, 0.25) is 0 Å². The van der Waals surface area contributed by atoms with E-state index in [4.69, 9.17) is 18.6 Å². The van der Waals surface area contributed by atoms with Crippen LogP contribution in [-0.2, 0) is 20.8 Å². The summed E-state index contributed by atoms with van der Waals surface area (Å²) in [5.41, 5.74) is 0.589. The van der Waals surface area contributed by atoms with Gasteiger partial charge in [-0.05, 0) is 46.6 Å². The van der Waals surface area contributed by atoms with Crippen molar-refractivity contribution in [2.45, 2.75) is 77.9 Å². The summed E-state index contributed by atoms with van der Waals surface area (Å²) in [5.74, 6) is 0.627. The number of aromatic nitrogens is 1. The lowest BCUT2D eigenvalue weighted by atomic mass is 10.1. The first-order valence-corrected chi connectivity index (χ1v) is 10.8. The molecule has 7 nitrogen and oxygen atoms in total. The maximum Gasteiger partial charge on any atom is 0.413 e. The van der Waals surface area contributed by atoms with Gasteiger partial charge in [0.1, 0.15) is 23.6 Å². The third-order valence-electron chi connectivity index (χ3n) is 5.21. The van der Waals surface area contributed by atoms with Crippen LogP contribution in [0.15, 0.2) is 41.0 Å². The fourth-order valence-corrected chi connectivity index (χ4v) is 3.49. The normalized spacial score (nSPS) is 19.4. The summed E-state index contributed by atoms with van der Waals surface area (Å²) in [4.78, 5) is 19.1. The molecule has 0 spiro atoms. The Kier molecular flexibility index (Phi) is 7.06. The summed E-state index contributed by atoms with van der Waals surface area (Å²) in [7, 11) is 0. The summed E-state index contributed by atoms with van der Waals surface area (Å²) in [6.07, 6.45) is 2.04. The quantitative estimate of drug-likeness (QED) is 0.545. The van der Waals surface area contributed by atoms with Crippen LogP contribution in [0.4, 0.5) is 4.79 Å². The van der Waals surface area contributed by atoms with E-state index in [1.165, 1.54) is 0 Å². The molecule has 0 unspecified atom stereocenters. The van der Waals surface area contributed by atoms with E-state index < -0.39 is 23.5 Å². The van der Waals surface area contributed by atoms with Gasteiger partial charge in [0.05, 0.1) is 18.9 Å². The van der Waals surface area contributed by atoms with E-state index in [-0.39, 0.29) is 5.92 Å². The molecule has 170 valence electrons. The molecule has 0 bridgehead atoms. The summed E-state index contributed by atoms with van der Waals surface area (Å²) in [6, 6.07) is 9.68. The van der Waals surface area contributed by atoms with E-state index in [9.17, 15) is 4.79 Å². The molecule has 2 atom stereocenters. The Morgan fingerprint density at radius 2 is 2.00 bits per heavy atom. The van der Waals surface area contributed by atoms with Gasteiger partial charge in [0, 0.05) is 12.5 Å². The second-order valence-corrected chi connectivity index (χ2v) is 9.46. The third-order valence-corrected chi connectivity index (χ3v) is 5.21. The molecule has 0 N–H and O–H groups in total. The van der Waals surface area contributed by atoms with Gasteiger partial charge >= 0.3 is 6.09 Å². The smallest absolute Gasteiger partial charge is 0.413 e. The Hall–Kier alpha value is -2.38. The van der Waals surface area contributed by atoms with E-state index in [0.717, 1.165) is 17.7 Å². The first kappa shape index (κ1) is 23.3. The molecule has 3 rings (SSSR count). The van der Waals surface area contributed by atoms with Crippen molar-refractivity contribution >= 4 is 6.09 Å². The predicted molar refractivity (Wildman–Crippen MR) is 116 cm³/mol. The zero-order valence-electron chi connectivity index (χ0n) is 19.4. The average Bonchev–Trinajstić information content (AvgIpc) is 3.28. The van der Waals surface area contributed by atoms with Crippen molar-refractivity contribution in [2.75, 3.05) is 13.2 Å². The monoisotopic (exact) mass is 430 g/mol. The van der Waals surface area contributed by atoms with Gasteiger partial charge in [0.15, 0.2) is 0 Å². The van der Waals surface area contributed by atoms with Crippen molar-refractivity contribution < 1.29 is 23.4 Å². The molecule has 2 aromatic rings. The minimum absolute atomic E-state index is 0.165. The largest absolute Gasteiger partial charge is 0.446 e. The first-order valence-electron chi connectivity index (χ1n) is 10.8. The van der Waals surface area contributed by atoms with Crippen LogP contribution in [-0.4, -0.2) is 40.5 Å². The predicted octanol–water partition coefficient (Wildman–Crippen LogP) is 5.43. The van der Waals surface area contributed by atoms with Gasteiger partial charge in [-0.15, -0.1) is 0 Å². The highest BCUT2D eigenvalue weighted by Crippen LogP contribution is 2.38. The number of carbonyl (C=O) groups excluding carboxylic acids is 1. The molecule has 1 aromatic heterocycles. The molecule has 0 saturated carbocycles. The van der Waals surface area contributed by atoms with Crippen molar-refractivity contribution in [3.63, 3.8) is 0 Å². The summed E-state index contributed by atoms with van der Waals surface area (Å²) in [6.45, 7) is 12.8. The molecule has 0 radical (unpaired) electrons. The number of oxazole rings is 1. The molecule has 2 heterocycles. The highest BCUT2D eigenvalue weighted by atomic mass is 16.6. The lowest BCUT2D eigenvalue weighted by molar-refractivity contribution is -0.0634. The standard InChI is InChI=1S/C24H34N2O5/c1-17(12-13-28-14-18-10-8-7-9-11-18)19-15-29-21(25-19)20-16-30-24(5,6)26(20)22(27)31-23(2,3)4/h7-11,15,17,20H,12-14,16H2,1-6H3/t17-,20-/m0/s1.